The van der Waals surface area contributed by atoms with Crippen molar-refractivity contribution < 1.29 is 28.9 Å². The number of carbonyl (C=O) groups is 2. The van der Waals surface area contributed by atoms with E-state index in [1.165, 1.54) is 7.11 Å². The van der Waals surface area contributed by atoms with E-state index in [-0.39, 0.29) is 11.3 Å². The Hall–Kier alpha value is -2.26. The van der Waals surface area contributed by atoms with Crippen LogP contribution in [0.5, 0.6) is 0 Å². The summed E-state index contributed by atoms with van der Waals surface area (Å²) in [6.07, 6.45) is -0.148. The SMILES string of the molecule is CO[C@@H](C(=O)NC1CN(c2ccccc2)C1=O)[C@@H]1OC(C)(C)O[C@H](/C=C/C(C)(C)C)[C@@H]1O. The highest BCUT2D eigenvalue weighted by Gasteiger charge is 2.49. The van der Waals surface area contributed by atoms with Gasteiger partial charge in [-0.25, -0.2) is 0 Å². The van der Waals surface area contributed by atoms with Gasteiger partial charge in [0.05, 0.1) is 6.54 Å². The molecule has 2 heterocycles. The van der Waals surface area contributed by atoms with Gasteiger partial charge in [-0.05, 0) is 31.4 Å². The Kier molecular flexibility index (Phi) is 7.09. The zero-order valence-electron chi connectivity index (χ0n) is 19.6. The second-order valence-corrected chi connectivity index (χ2v) is 9.78. The number of nitrogens with one attached hydrogen (secondary N) is 1. The highest BCUT2D eigenvalue weighted by molar-refractivity contribution is 6.06. The molecular weight excluding hydrogens is 412 g/mol. The van der Waals surface area contributed by atoms with Crippen molar-refractivity contribution in [3.05, 3.63) is 42.5 Å². The Morgan fingerprint density at radius 1 is 1.28 bits per heavy atom. The first-order valence-electron chi connectivity index (χ1n) is 10.8. The molecule has 2 N–H and O–H groups in total. The van der Waals surface area contributed by atoms with Crippen LogP contribution in [0.2, 0.25) is 0 Å². The molecule has 3 rings (SSSR count). The molecular formula is C24H34N2O6. The molecule has 0 aromatic heterocycles. The number of allylic oxidation sites excluding steroid dienone is 1. The van der Waals surface area contributed by atoms with Crippen molar-refractivity contribution in [3.8, 4) is 0 Å². The summed E-state index contributed by atoms with van der Waals surface area (Å²) in [5, 5.41) is 13.6. The summed E-state index contributed by atoms with van der Waals surface area (Å²) in [4.78, 5) is 27.1. The minimum atomic E-state index is -1.13. The Morgan fingerprint density at radius 2 is 1.94 bits per heavy atom. The third-order valence-electron chi connectivity index (χ3n) is 5.42. The van der Waals surface area contributed by atoms with Crippen molar-refractivity contribution in [2.24, 2.45) is 5.41 Å². The normalized spacial score (nSPS) is 29.0. The second-order valence-electron chi connectivity index (χ2n) is 9.78. The summed E-state index contributed by atoms with van der Waals surface area (Å²) in [5.74, 6) is -1.75. The highest BCUT2D eigenvalue weighted by atomic mass is 16.7. The van der Waals surface area contributed by atoms with Crippen molar-refractivity contribution in [2.75, 3.05) is 18.6 Å². The zero-order valence-corrected chi connectivity index (χ0v) is 19.6. The number of anilines is 1. The predicted octanol–water partition coefficient (Wildman–Crippen LogP) is 2.02. The van der Waals surface area contributed by atoms with Gasteiger partial charge < -0.3 is 29.5 Å². The molecule has 0 spiro atoms. The number of para-hydroxylation sites is 1. The number of hydrogen-bond acceptors (Lipinski definition) is 6. The molecule has 1 unspecified atom stereocenters. The summed E-state index contributed by atoms with van der Waals surface area (Å²) in [7, 11) is 1.38. The topological polar surface area (TPSA) is 97.3 Å². The lowest BCUT2D eigenvalue weighted by Crippen LogP contribution is -2.67. The first-order valence-corrected chi connectivity index (χ1v) is 10.8. The summed E-state index contributed by atoms with van der Waals surface area (Å²) in [5.41, 5.74) is 0.679. The summed E-state index contributed by atoms with van der Waals surface area (Å²) in [6, 6.07) is 8.61. The van der Waals surface area contributed by atoms with Gasteiger partial charge in [-0.3, -0.25) is 9.59 Å². The fourth-order valence-corrected chi connectivity index (χ4v) is 3.81. The maximum absolute atomic E-state index is 13.0. The highest BCUT2D eigenvalue weighted by Crippen LogP contribution is 2.31. The van der Waals surface area contributed by atoms with Gasteiger partial charge in [0.2, 0.25) is 0 Å². The van der Waals surface area contributed by atoms with Gasteiger partial charge in [-0.15, -0.1) is 0 Å². The number of aliphatic hydroxyl groups excluding tert-OH is 1. The van der Waals surface area contributed by atoms with E-state index in [1.807, 2.05) is 57.2 Å². The number of aliphatic hydroxyl groups is 1. The lowest BCUT2D eigenvalue weighted by Gasteiger charge is -2.45. The number of benzene rings is 1. The average Bonchev–Trinajstić information content (AvgIpc) is 2.72. The van der Waals surface area contributed by atoms with Crippen LogP contribution in [0.4, 0.5) is 5.69 Å². The van der Waals surface area contributed by atoms with Crippen molar-refractivity contribution in [1.29, 1.82) is 0 Å². The van der Waals surface area contributed by atoms with Crippen LogP contribution in [0.15, 0.2) is 42.5 Å². The zero-order chi connectivity index (χ0) is 23.7. The maximum Gasteiger partial charge on any atom is 0.252 e. The molecule has 2 aliphatic heterocycles. The number of nitrogens with zero attached hydrogens (tertiary/aromatic N) is 1. The molecule has 0 aliphatic carbocycles. The molecule has 32 heavy (non-hydrogen) atoms. The maximum atomic E-state index is 13.0. The third-order valence-corrected chi connectivity index (χ3v) is 5.42. The summed E-state index contributed by atoms with van der Waals surface area (Å²) in [6.45, 7) is 9.93. The van der Waals surface area contributed by atoms with E-state index in [9.17, 15) is 14.7 Å². The number of β-lactam (4-membered cyclic amide) rings is 1. The van der Waals surface area contributed by atoms with Crippen molar-refractivity contribution in [2.45, 2.75) is 70.9 Å². The van der Waals surface area contributed by atoms with Gasteiger partial charge in [0, 0.05) is 12.8 Å². The largest absolute Gasteiger partial charge is 0.387 e. The van der Waals surface area contributed by atoms with Gasteiger partial charge in [0.1, 0.15) is 24.4 Å². The van der Waals surface area contributed by atoms with Crippen LogP contribution in [0.1, 0.15) is 34.6 Å². The first-order chi connectivity index (χ1) is 14.9. The molecule has 2 fully saturated rings. The summed E-state index contributed by atoms with van der Waals surface area (Å²) >= 11 is 0. The predicted molar refractivity (Wildman–Crippen MR) is 120 cm³/mol. The Balaban J connectivity index is 1.68. The monoisotopic (exact) mass is 446 g/mol. The van der Waals surface area contributed by atoms with Gasteiger partial charge >= 0.3 is 0 Å². The van der Waals surface area contributed by atoms with E-state index in [4.69, 9.17) is 14.2 Å². The van der Waals surface area contributed by atoms with Gasteiger partial charge in [-0.2, -0.15) is 0 Å². The van der Waals surface area contributed by atoms with E-state index in [0.29, 0.717) is 6.54 Å². The molecule has 0 radical (unpaired) electrons. The van der Waals surface area contributed by atoms with E-state index >= 15 is 0 Å². The second kappa shape index (κ2) is 9.31. The lowest BCUT2D eigenvalue weighted by atomic mass is 9.93. The molecule has 1 aromatic carbocycles. The number of rotatable bonds is 6. The number of methoxy groups -OCH3 is 1. The number of amides is 2. The van der Waals surface area contributed by atoms with Crippen LogP contribution in [0.25, 0.3) is 0 Å². The number of hydrogen-bond donors (Lipinski definition) is 2. The minimum absolute atomic E-state index is 0.103. The standard InChI is InChI=1S/C24H34N2O6/c1-23(2,3)13-12-17-18(27)19(32-24(4,5)31-17)20(30-6)21(28)25-16-14-26(22(16)29)15-10-8-7-9-11-15/h7-13,16-20,27H,14H2,1-6H3,(H,25,28)/b13-12+/t16?,17-,18+,19-,20-/m1/s1. The molecule has 1 aromatic rings. The smallest absolute Gasteiger partial charge is 0.252 e. The van der Waals surface area contributed by atoms with E-state index < -0.39 is 42.2 Å². The minimum Gasteiger partial charge on any atom is -0.387 e. The molecule has 2 saturated heterocycles. The molecule has 2 amide bonds. The quantitative estimate of drug-likeness (QED) is 0.513. The molecule has 0 bridgehead atoms. The van der Waals surface area contributed by atoms with Gasteiger partial charge in [0.15, 0.2) is 11.9 Å². The van der Waals surface area contributed by atoms with E-state index in [1.54, 1.807) is 24.8 Å². The van der Waals surface area contributed by atoms with Crippen LogP contribution in [0.3, 0.4) is 0 Å². The average molecular weight is 447 g/mol. The van der Waals surface area contributed by atoms with Crippen molar-refractivity contribution in [3.63, 3.8) is 0 Å². The molecule has 8 nitrogen and oxygen atoms in total. The molecule has 2 aliphatic rings. The van der Waals surface area contributed by atoms with E-state index in [2.05, 4.69) is 5.32 Å². The molecule has 176 valence electrons. The molecule has 8 heteroatoms. The van der Waals surface area contributed by atoms with E-state index in [0.717, 1.165) is 5.69 Å². The third kappa shape index (κ3) is 5.56. The number of carbonyl (C=O) groups excluding carboxylic acids is 2. The lowest BCUT2D eigenvalue weighted by molar-refractivity contribution is -0.334. The number of ether oxygens (including phenoxy) is 3. The van der Waals surface area contributed by atoms with Gasteiger partial charge in [0.25, 0.3) is 11.8 Å². The van der Waals surface area contributed by atoms with Crippen LogP contribution in [-0.4, -0.2) is 66.8 Å². The fraction of sp³-hybridized carbons (Fsp3) is 0.583. The van der Waals surface area contributed by atoms with Crippen LogP contribution in [-0.2, 0) is 23.8 Å². The van der Waals surface area contributed by atoms with Crippen molar-refractivity contribution >= 4 is 17.5 Å². The Morgan fingerprint density at radius 3 is 2.50 bits per heavy atom. The van der Waals surface area contributed by atoms with Crippen molar-refractivity contribution in [1.82, 2.24) is 5.32 Å². The Bertz CT molecular complexity index is 848. The van der Waals surface area contributed by atoms with Crippen LogP contribution >= 0.6 is 0 Å². The molecule has 0 saturated carbocycles. The van der Waals surface area contributed by atoms with Gasteiger partial charge in [-0.1, -0.05) is 51.1 Å². The van der Waals surface area contributed by atoms with Crippen LogP contribution in [0, 0.1) is 5.41 Å². The first kappa shape index (κ1) is 24.4. The fourth-order valence-electron chi connectivity index (χ4n) is 3.81. The molecule has 5 atom stereocenters. The summed E-state index contributed by atoms with van der Waals surface area (Å²) < 4.78 is 17.2. The Labute approximate surface area is 189 Å². The van der Waals surface area contributed by atoms with Crippen LogP contribution < -0.4 is 10.2 Å².